The lowest BCUT2D eigenvalue weighted by molar-refractivity contribution is -0.120. The maximum atomic E-state index is 11.2. The summed E-state index contributed by atoms with van der Waals surface area (Å²) in [5, 5.41) is 6.04. The minimum atomic E-state index is 0.142. The van der Waals surface area contributed by atoms with E-state index in [1.165, 1.54) is 19.3 Å². The Balaban J connectivity index is 1.84. The highest BCUT2D eigenvalue weighted by atomic mass is 16.1. The molecule has 3 heteroatoms. The van der Waals surface area contributed by atoms with Crippen LogP contribution in [-0.2, 0) is 4.79 Å². The maximum Gasteiger partial charge on any atom is 0.233 e. The van der Waals surface area contributed by atoms with Crippen LogP contribution >= 0.6 is 0 Å². The quantitative estimate of drug-likeness (QED) is 0.577. The lowest BCUT2D eigenvalue weighted by atomic mass is 10.3. The zero-order chi connectivity index (χ0) is 9.52. The third kappa shape index (κ3) is 5.64. The van der Waals surface area contributed by atoms with Gasteiger partial charge in [0.15, 0.2) is 0 Å². The molecule has 1 aliphatic rings. The first-order valence-corrected chi connectivity index (χ1v) is 5.30. The van der Waals surface area contributed by atoms with E-state index in [0.29, 0.717) is 6.54 Å². The number of amides is 1. The normalized spacial score (nSPS) is 15.8. The summed E-state index contributed by atoms with van der Waals surface area (Å²) in [6, 6.07) is 0. The molecule has 0 unspecified atom stereocenters. The third-order valence-electron chi connectivity index (χ3n) is 2.28. The summed E-state index contributed by atoms with van der Waals surface area (Å²) >= 11 is 0. The van der Waals surface area contributed by atoms with Gasteiger partial charge in [-0.05, 0) is 31.7 Å². The molecule has 0 aromatic rings. The molecule has 0 aromatic carbocycles. The predicted octanol–water partition coefficient (Wildman–Crippen LogP) is 0.902. The average molecular weight is 184 g/mol. The summed E-state index contributed by atoms with van der Waals surface area (Å²) in [5.41, 5.74) is 0. The van der Waals surface area contributed by atoms with Crippen LogP contribution in [0.2, 0.25) is 0 Å². The largest absolute Gasteiger partial charge is 0.355 e. The molecule has 3 nitrogen and oxygen atoms in total. The molecule has 1 saturated carbocycles. The van der Waals surface area contributed by atoms with Gasteiger partial charge in [-0.15, -0.1) is 0 Å². The SMILES string of the molecule is CCCCNCC(=O)NCC1CC1. The predicted molar refractivity (Wildman–Crippen MR) is 53.5 cm³/mol. The Hall–Kier alpha value is -0.570. The molecule has 0 atom stereocenters. The maximum absolute atomic E-state index is 11.2. The number of carbonyl (C=O) groups excluding carboxylic acids is 1. The van der Waals surface area contributed by atoms with Crippen LogP contribution in [-0.4, -0.2) is 25.5 Å². The Bertz CT molecular complexity index is 155. The van der Waals surface area contributed by atoms with E-state index in [9.17, 15) is 4.79 Å². The lowest BCUT2D eigenvalue weighted by Gasteiger charge is -2.04. The fourth-order valence-electron chi connectivity index (χ4n) is 1.15. The van der Waals surface area contributed by atoms with Crippen molar-refractivity contribution >= 4 is 5.91 Å². The van der Waals surface area contributed by atoms with E-state index >= 15 is 0 Å². The molecule has 2 N–H and O–H groups in total. The molecule has 1 amide bonds. The number of hydrogen-bond acceptors (Lipinski definition) is 2. The zero-order valence-corrected chi connectivity index (χ0v) is 8.44. The van der Waals surface area contributed by atoms with Crippen molar-refractivity contribution in [3.63, 3.8) is 0 Å². The Labute approximate surface area is 80.3 Å². The van der Waals surface area contributed by atoms with Crippen molar-refractivity contribution in [1.82, 2.24) is 10.6 Å². The van der Waals surface area contributed by atoms with Crippen LogP contribution in [0.15, 0.2) is 0 Å². The Morgan fingerprint density at radius 2 is 2.23 bits per heavy atom. The van der Waals surface area contributed by atoms with Crippen LogP contribution in [0.5, 0.6) is 0 Å². The van der Waals surface area contributed by atoms with E-state index in [4.69, 9.17) is 0 Å². The molecule has 1 rings (SSSR count). The van der Waals surface area contributed by atoms with Gasteiger partial charge in [0.1, 0.15) is 0 Å². The highest BCUT2D eigenvalue weighted by Crippen LogP contribution is 2.27. The van der Waals surface area contributed by atoms with Crippen molar-refractivity contribution in [3.8, 4) is 0 Å². The highest BCUT2D eigenvalue weighted by Gasteiger charge is 2.21. The summed E-state index contributed by atoms with van der Waals surface area (Å²) in [6.45, 7) is 4.46. The van der Waals surface area contributed by atoms with Crippen LogP contribution in [0.3, 0.4) is 0 Å². The van der Waals surface area contributed by atoms with Crippen LogP contribution in [0.4, 0.5) is 0 Å². The molecule has 13 heavy (non-hydrogen) atoms. The molecule has 0 aliphatic heterocycles. The molecule has 1 fully saturated rings. The van der Waals surface area contributed by atoms with Crippen molar-refractivity contribution in [2.45, 2.75) is 32.6 Å². The van der Waals surface area contributed by atoms with Crippen LogP contribution in [0, 0.1) is 5.92 Å². The summed E-state index contributed by atoms with van der Waals surface area (Å²) in [5.74, 6) is 0.919. The van der Waals surface area contributed by atoms with Gasteiger partial charge in [-0.1, -0.05) is 13.3 Å². The van der Waals surface area contributed by atoms with Gasteiger partial charge in [-0.25, -0.2) is 0 Å². The molecule has 76 valence electrons. The molecule has 0 spiro atoms. The van der Waals surface area contributed by atoms with E-state index in [2.05, 4.69) is 17.6 Å². The standard InChI is InChI=1S/C10H20N2O/c1-2-3-6-11-8-10(13)12-7-9-4-5-9/h9,11H,2-8H2,1H3,(H,12,13). The van der Waals surface area contributed by atoms with Gasteiger partial charge in [0.2, 0.25) is 5.91 Å². The van der Waals surface area contributed by atoms with Gasteiger partial charge in [0.05, 0.1) is 6.54 Å². The van der Waals surface area contributed by atoms with Gasteiger partial charge in [-0.3, -0.25) is 4.79 Å². The number of unbranched alkanes of at least 4 members (excludes halogenated alkanes) is 1. The first kappa shape index (κ1) is 10.5. The van der Waals surface area contributed by atoms with Crippen LogP contribution in [0.25, 0.3) is 0 Å². The smallest absolute Gasteiger partial charge is 0.233 e. The molecule has 0 heterocycles. The topological polar surface area (TPSA) is 41.1 Å². The van der Waals surface area contributed by atoms with Crippen molar-refractivity contribution < 1.29 is 4.79 Å². The number of rotatable bonds is 7. The number of carbonyl (C=O) groups is 1. The average Bonchev–Trinajstić information content (AvgIpc) is 2.92. The Morgan fingerprint density at radius 3 is 2.85 bits per heavy atom. The summed E-state index contributed by atoms with van der Waals surface area (Å²) in [4.78, 5) is 11.2. The highest BCUT2D eigenvalue weighted by molar-refractivity contribution is 5.77. The van der Waals surface area contributed by atoms with Crippen LogP contribution < -0.4 is 10.6 Å². The summed E-state index contributed by atoms with van der Waals surface area (Å²) in [6.07, 6.45) is 4.92. The van der Waals surface area contributed by atoms with Crippen molar-refractivity contribution in [2.24, 2.45) is 5.92 Å². The monoisotopic (exact) mass is 184 g/mol. The Morgan fingerprint density at radius 1 is 1.46 bits per heavy atom. The van der Waals surface area contributed by atoms with Crippen LogP contribution in [0.1, 0.15) is 32.6 Å². The van der Waals surface area contributed by atoms with E-state index in [1.54, 1.807) is 0 Å². The van der Waals surface area contributed by atoms with Gasteiger partial charge < -0.3 is 10.6 Å². The van der Waals surface area contributed by atoms with E-state index in [1.807, 2.05) is 0 Å². The van der Waals surface area contributed by atoms with Crippen molar-refractivity contribution in [3.05, 3.63) is 0 Å². The van der Waals surface area contributed by atoms with Gasteiger partial charge in [0, 0.05) is 6.54 Å². The zero-order valence-electron chi connectivity index (χ0n) is 8.44. The van der Waals surface area contributed by atoms with Gasteiger partial charge in [-0.2, -0.15) is 0 Å². The molecule has 0 bridgehead atoms. The lowest BCUT2D eigenvalue weighted by Crippen LogP contribution is -2.35. The molecule has 0 saturated heterocycles. The number of nitrogens with one attached hydrogen (secondary N) is 2. The molecule has 1 aliphatic carbocycles. The Kier molecular flexibility index (Phi) is 4.83. The molecular formula is C10H20N2O. The van der Waals surface area contributed by atoms with Crippen molar-refractivity contribution in [1.29, 1.82) is 0 Å². The molecular weight excluding hydrogens is 164 g/mol. The minimum absolute atomic E-state index is 0.142. The molecule has 0 radical (unpaired) electrons. The minimum Gasteiger partial charge on any atom is -0.355 e. The van der Waals surface area contributed by atoms with Gasteiger partial charge >= 0.3 is 0 Å². The summed E-state index contributed by atoms with van der Waals surface area (Å²) < 4.78 is 0. The second kappa shape index (κ2) is 5.97. The second-order valence-corrected chi connectivity index (χ2v) is 3.78. The van der Waals surface area contributed by atoms with Gasteiger partial charge in [0.25, 0.3) is 0 Å². The second-order valence-electron chi connectivity index (χ2n) is 3.78. The first-order chi connectivity index (χ1) is 6.33. The first-order valence-electron chi connectivity index (χ1n) is 5.30. The van der Waals surface area contributed by atoms with E-state index in [-0.39, 0.29) is 5.91 Å². The molecule has 0 aromatic heterocycles. The fourth-order valence-corrected chi connectivity index (χ4v) is 1.15. The van der Waals surface area contributed by atoms with E-state index in [0.717, 1.165) is 25.4 Å². The summed E-state index contributed by atoms with van der Waals surface area (Å²) in [7, 11) is 0. The number of hydrogen-bond donors (Lipinski definition) is 2. The fraction of sp³-hybridized carbons (Fsp3) is 0.900. The van der Waals surface area contributed by atoms with Crippen molar-refractivity contribution in [2.75, 3.05) is 19.6 Å². The third-order valence-corrected chi connectivity index (χ3v) is 2.28. The van der Waals surface area contributed by atoms with E-state index < -0.39 is 0 Å².